The molecule has 66 valence electrons. The molecule has 11 heavy (non-hydrogen) atoms. The molecule has 0 spiro atoms. The van der Waals surface area contributed by atoms with Crippen molar-refractivity contribution in [3.63, 3.8) is 0 Å². The van der Waals surface area contributed by atoms with Crippen LogP contribution < -0.4 is 5.32 Å². The number of aliphatic carboxylic acids is 1. The summed E-state index contributed by atoms with van der Waals surface area (Å²) in [5.41, 5.74) is 0. The fraction of sp³-hybridized carbons (Fsp3) is 0.833. The van der Waals surface area contributed by atoms with E-state index in [4.69, 9.17) is 10.2 Å². The van der Waals surface area contributed by atoms with Crippen LogP contribution in [-0.4, -0.2) is 34.9 Å². The summed E-state index contributed by atoms with van der Waals surface area (Å²) in [7, 11) is 0. The van der Waals surface area contributed by atoms with E-state index in [0.29, 0.717) is 13.0 Å². The monoisotopic (exact) mass is 181 g/mol. The minimum Gasteiger partial charge on any atom is -0.480 e. The molecule has 0 aliphatic carbocycles. The Hall–Kier alpha value is -0.320. The average molecular weight is 182 g/mol. The third-order valence-electron chi connectivity index (χ3n) is 1.69. The molecular formula is C6H12ClNO3. The Morgan fingerprint density at radius 2 is 2.18 bits per heavy atom. The summed E-state index contributed by atoms with van der Waals surface area (Å²) in [5.74, 6) is -0.966. The van der Waals surface area contributed by atoms with Gasteiger partial charge in [0.05, 0.1) is 6.10 Å². The molecule has 4 nitrogen and oxygen atoms in total. The molecular weight excluding hydrogens is 170 g/mol. The van der Waals surface area contributed by atoms with Gasteiger partial charge in [0.15, 0.2) is 0 Å². The molecule has 2 atom stereocenters. The molecule has 0 bridgehead atoms. The predicted octanol–water partition coefficient (Wildman–Crippen LogP) is -0.394. The fourth-order valence-corrected chi connectivity index (χ4v) is 1.12. The molecule has 1 aliphatic rings. The van der Waals surface area contributed by atoms with E-state index in [1.54, 1.807) is 0 Å². The Morgan fingerprint density at radius 3 is 2.55 bits per heavy atom. The molecule has 5 heteroatoms. The first-order chi connectivity index (χ1) is 4.72. The number of aliphatic hydroxyl groups excluding tert-OH is 1. The minimum absolute atomic E-state index is 0. The van der Waals surface area contributed by atoms with Crippen molar-refractivity contribution in [2.24, 2.45) is 0 Å². The number of piperidine rings is 1. The molecule has 0 aromatic rings. The lowest BCUT2D eigenvalue weighted by Crippen LogP contribution is -2.49. The van der Waals surface area contributed by atoms with Crippen LogP contribution in [0.2, 0.25) is 0 Å². The van der Waals surface area contributed by atoms with Crippen LogP contribution in [-0.2, 0) is 4.79 Å². The number of halogens is 1. The first-order valence-corrected chi connectivity index (χ1v) is 3.36. The lowest BCUT2D eigenvalue weighted by molar-refractivity contribution is -0.143. The van der Waals surface area contributed by atoms with E-state index in [1.807, 2.05) is 0 Å². The first kappa shape index (κ1) is 10.7. The lowest BCUT2D eigenvalue weighted by atomic mass is 10.0. The largest absolute Gasteiger partial charge is 0.480 e. The number of hydrogen-bond donors (Lipinski definition) is 3. The molecule has 1 heterocycles. The van der Waals surface area contributed by atoms with E-state index in [-0.39, 0.29) is 12.4 Å². The van der Waals surface area contributed by atoms with Crippen molar-refractivity contribution in [1.82, 2.24) is 5.32 Å². The number of carboxylic acids is 1. The van der Waals surface area contributed by atoms with Crippen LogP contribution in [0.25, 0.3) is 0 Å². The number of carboxylic acid groups (broad SMARTS) is 1. The van der Waals surface area contributed by atoms with Gasteiger partial charge in [0.1, 0.15) is 6.04 Å². The van der Waals surface area contributed by atoms with Crippen LogP contribution in [0.1, 0.15) is 12.8 Å². The summed E-state index contributed by atoms with van der Waals surface area (Å²) in [6.45, 7) is 0.689. The third-order valence-corrected chi connectivity index (χ3v) is 1.69. The van der Waals surface area contributed by atoms with Gasteiger partial charge in [0.2, 0.25) is 0 Å². The second kappa shape index (κ2) is 4.54. The van der Waals surface area contributed by atoms with E-state index < -0.39 is 18.1 Å². The second-order valence-corrected chi connectivity index (χ2v) is 2.48. The van der Waals surface area contributed by atoms with E-state index in [9.17, 15) is 4.79 Å². The highest BCUT2D eigenvalue weighted by Crippen LogP contribution is 2.07. The molecule has 0 aromatic carbocycles. The number of aliphatic hydroxyl groups is 1. The van der Waals surface area contributed by atoms with Gasteiger partial charge in [-0.15, -0.1) is 12.4 Å². The van der Waals surface area contributed by atoms with Crippen LogP contribution in [0, 0.1) is 0 Å². The minimum atomic E-state index is -0.966. The van der Waals surface area contributed by atoms with Gasteiger partial charge in [0.25, 0.3) is 0 Å². The van der Waals surface area contributed by atoms with Crippen LogP contribution in [0.3, 0.4) is 0 Å². The standard InChI is InChI=1S/C6H11NO3.ClH/c8-4-2-1-3-7-5(4)6(9)10;/h4-5,7-8H,1-3H2,(H,9,10);1H/t4-,5-;/m0./s1. The number of rotatable bonds is 1. The van der Waals surface area contributed by atoms with Crippen LogP contribution in [0.4, 0.5) is 0 Å². The van der Waals surface area contributed by atoms with Crippen molar-refractivity contribution in [2.75, 3.05) is 6.54 Å². The zero-order valence-corrected chi connectivity index (χ0v) is 6.80. The Bertz CT molecular complexity index is 142. The van der Waals surface area contributed by atoms with Crippen LogP contribution >= 0.6 is 12.4 Å². The Morgan fingerprint density at radius 1 is 1.55 bits per heavy atom. The zero-order valence-electron chi connectivity index (χ0n) is 5.99. The molecule has 0 saturated carbocycles. The van der Waals surface area contributed by atoms with Crippen LogP contribution in [0.5, 0.6) is 0 Å². The highest BCUT2D eigenvalue weighted by atomic mass is 35.5. The highest BCUT2D eigenvalue weighted by molar-refractivity contribution is 5.85. The Balaban J connectivity index is 0.000001000. The quantitative estimate of drug-likeness (QED) is 0.515. The molecule has 1 saturated heterocycles. The Labute approximate surface area is 71.0 Å². The maximum atomic E-state index is 10.3. The summed E-state index contributed by atoms with van der Waals surface area (Å²) >= 11 is 0. The van der Waals surface area contributed by atoms with Crippen molar-refractivity contribution in [1.29, 1.82) is 0 Å². The highest BCUT2D eigenvalue weighted by Gasteiger charge is 2.28. The van der Waals surface area contributed by atoms with Crippen molar-refractivity contribution in [3.05, 3.63) is 0 Å². The summed E-state index contributed by atoms with van der Waals surface area (Å²) < 4.78 is 0. The van der Waals surface area contributed by atoms with Gasteiger partial charge in [-0.1, -0.05) is 0 Å². The van der Waals surface area contributed by atoms with Gasteiger partial charge in [0, 0.05) is 0 Å². The van der Waals surface area contributed by atoms with E-state index in [0.717, 1.165) is 6.42 Å². The fourth-order valence-electron chi connectivity index (χ4n) is 1.12. The molecule has 1 rings (SSSR count). The van der Waals surface area contributed by atoms with Crippen LogP contribution in [0.15, 0.2) is 0 Å². The van der Waals surface area contributed by atoms with Crippen molar-refractivity contribution in [2.45, 2.75) is 25.0 Å². The topological polar surface area (TPSA) is 69.6 Å². The molecule has 1 fully saturated rings. The first-order valence-electron chi connectivity index (χ1n) is 3.36. The smallest absolute Gasteiger partial charge is 0.323 e. The van der Waals surface area contributed by atoms with Gasteiger partial charge in [-0.25, -0.2) is 0 Å². The van der Waals surface area contributed by atoms with Gasteiger partial charge in [-0.05, 0) is 19.4 Å². The SMILES string of the molecule is Cl.O=C(O)[C@H]1NCCC[C@@H]1O. The third kappa shape index (κ3) is 2.65. The maximum absolute atomic E-state index is 10.3. The molecule has 0 radical (unpaired) electrons. The second-order valence-electron chi connectivity index (χ2n) is 2.48. The van der Waals surface area contributed by atoms with E-state index >= 15 is 0 Å². The van der Waals surface area contributed by atoms with Gasteiger partial charge in [-0.2, -0.15) is 0 Å². The number of hydrogen-bond acceptors (Lipinski definition) is 3. The van der Waals surface area contributed by atoms with Gasteiger partial charge in [-0.3, -0.25) is 4.79 Å². The predicted molar refractivity (Wildman–Crippen MR) is 41.9 cm³/mol. The van der Waals surface area contributed by atoms with Crippen molar-refractivity contribution >= 4 is 18.4 Å². The lowest BCUT2D eigenvalue weighted by Gasteiger charge is -2.24. The van der Waals surface area contributed by atoms with Gasteiger partial charge < -0.3 is 15.5 Å². The van der Waals surface area contributed by atoms with Gasteiger partial charge >= 0.3 is 5.97 Å². The summed E-state index contributed by atoms with van der Waals surface area (Å²) in [5, 5.41) is 20.3. The van der Waals surface area contributed by atoms with Crippen molar-refractivity contribution < 1.29 is 15.0 Å². The molecule has 0 unspecified atom stereocenters. The van der Waals surface area contributed by atoms with E-state index in [2.05, 4.69) is 5.32 Å². The average Bonchev–Trinajstić information content (AvgIpc) is 1.88. The van der Waals surface area contributed by atoms with Crippen molar-refractivity contribution in [3.8, 4) is 0 Å². The molecule has 1 aliphatic heterocycles. The molecule has 0 aromatic heterocycles. The molecule has 0 amide bonds. The molecule has 3 N–H and O–H groups in total. The summed E-state index contributed by atoms with van der Waals surface area (Å²) in [6, 6.07) is -0.756. The normalized spacial score (nSPS) is 30.6. The zero-order chi connectivity index (χ0) is 7.56. The number of nitrogens with one attached hydrogen (secondary N) is 1. The number of carbonyl (C=O) groups is 1. The Kier molecular flexibility index (Phi) is 4.40. The maximum Gasteiger partial charge on any atom is 0.323 e. The van der Waals surface area contributed by atoms with E-state index in [1.165, 1.54) is 0 Å². The summed E-state index contributed by atoms with van der Waals surface area (Å²) in [6.07, 6.45) is 0.723. The summed E-state index contributed by atoms with van der Waals surface area (Å²) in [4.78, 5) is 10.3.